The summed E-state index contributed by atoms with van der Waals surface area (Å²) in [6, 6.07) is 9.39. The number of hydrogen-bond donors (Lipinski definition) is 2. The zero-order valence-corrected chi connectivity index (χ0v) is 11.7. The van der Waals surface area contributed by atoms with Crippen LogP contribution in [0.25, 0.3) is 0 Å². The zero-order valence-electron chi connectivity index (χ0n) is 10.9. The summed E-state index contributed by atoms with van der Waals surface area (Å²) >= 11 is 6.12. The number of aryl methyl sites for hydroxylation is 2. The number of aromatic nitrogens is 1. The van der Waals surface area contributed by atoms with Crippen LogP contribution in [-0.2, 0) is 6.61 Å². The monoisotopic (exact) mass is 277 g/mol. The van der Waals surface area contributed by atoms with Crippen LogP contribution in [0.4, 0.5) is 5.82 Å². The Balaban J connectivity index is 2.10. The van der Waals surface area contributed by atoms with Gasteiger partial charge in [0.05, 0.1) is 5.69 Å². The van der Waals surface area contributed by atoms with Gasteiger partial charge in [-0.15, -0.1) is 0 Å². The lowest BCUT2D eigenvalue weighted by Crippen LogP contribution is -2.09. The molecule has 2 aromatic rings. The second kappa shape index (κ2) is 5.91. The maximum atomic E-state index is 6.12. The molecule has 2 rings (SSSR count). The zero-order chi connectivity index (χ0) is 13.8. The van der Waals surface area contributed by atoms with Crippen molar-refractivity contribution < 1.29 is 4.74 Å². The normalized spacial score (nSPS) is 10.3. The number of benzene rings is 1. The Morgan fingerprint density at radius 2 is 1.95 bits per heavy atom. The number of anilines is 1. The highest BCUT2D eigenvalue weighted by Crippen LogP contribution is 2.26. The molecule has 0 aliphatic carbocycles. The van der Waals surface area contributed by atoms with E-state index >= 15 is 0 Å². The van der Waals surface area contributed by atoms with Gasteiger partial charge in [0.1, 0.15) is 18.2 Å². The molecular formula is C14H16ClN3O. The predicted octanol–water partition coefficient (Wildman–Crippen LogP) is 3.22. The quantitative estimate of drug-likeness (QED) is 0.665. The molecule has 100 valence electrons. The smallest absolute Gasteiger partial charge is 0.140 e. The van der Waals surface area contributed by atoms with E-state index in [0.717, 1.165) is 27.6 Å². The van der Waals surface area contributed by atoms with Crippen LogP contribution in [-0.4, -0.2) is 4.98 Å². The van der Waals surface area contributed by atoms with Crippen molar-refractivity contribution in [1.82, 2.24) is 4.98 Å². The summed E-state index contributed by atoms with van der Waals surface area (Å²) in [7, 11) is 0. The molecule has 0 fully saturated rings. The molecule has 1 aromatic carbocycles. The van der Waals surface area contributed by atoms with Crippen LogP contribution >= 0.6 is 11.6 Å². The van der Waals surface area contributed by atoms with Gasteiger partial charge < -0.3 is 10.2 Å². The van der Waals surface area contributed by atoms with Crippen LogP contribution in [0.15, 0.2) is 30.3 Å². The van der Waals surface area contributed by atoms with Gasteiger partial charge in [-0.05, 0) is 49.2 Å². The Morgan fingerprint density at radius 3 is 2.58 bits per heavy atom. The van der Waals surface area contributed by atoms with Gasteiger partial charge in [0.2, 0.25) is 0 Å². The van der Waals surface area contributed by atoms with E-state index in [4.69, 9.17) is 22.2 Å². The molecule has 0 amide bonds. The second-order valence-corrected chi connectivity index (χ2v) is 4.70. The van der Waals surface area contributed by atoms with E-state index in [-0.39, 0.29) is 0 Å². The van der Waals surface area contributed by atoms with Crippen molar-refractivity contribution in [3.63, 3.8) is 0 Å². The first-order valence-corrected chi connectivity index (χ1v) is 6.30. The van der Waals surface area contributed by atoms with Crippen LogP contribution in [0.3, 0.4) is 0 Å². The van der Waals surface area contributed by atoms with Crippen LogP contribution in [0.5, 0.6) is 5.75 Å². The van der Waals surface area contributed by atoms with Crippen molar-refractivity contribution in [1.29, 1.82) is 0 Å². The Labute approximate surface area is 117 Å². The van der Waals surface area contributed by atoms with E-state index in [1.54, 1.807) is 6.07 Å². The van der Waals surface area contributed by atoms with Crippen LogP contribution < -0.4 is 16.0 Å². The summed E-state index contributed by atoms with van der Waals surface area (Å²) in [6.45, 7) is 4.30. The van der Waals surface area contributed by atoms with Gasteiger partial charge in [-0.1, -0.05) is 17.7 Å². The van der Waals surface area contributed by atoms with E-state index in [0.29, 0.717) is 12.4 Å². The molecule has 0 radical (unpaired) electrons. The largest absolute Gasteiger partial charge is 0.487 e. The van der Waals surface area contributed by atoms with Crippen LogP contribution in [0, 0.1) is 13.8 Å². The number of nitrogens with one attached hydrogen (secondary N) is 1. The first kappa shape index (κ1) is 13.6. The third-order valence-electron chi connectivity index (χ3n) is 2.75. The average molecular weight is 278 g/mol. The van der Waals surface area contributed by atoms with Crippen molar-refractivity contribution in [3.05, 3.63) is 52.2 Å². The molecule has 0 saturated heterocycles. The molecule has 5 heteroatoms. The molecule has 1 aromatic heterocycles. The first-order valence-electron chi connectivity index (χ1n) is 5.92. The first-order chi connectivity index (χ1) is 9.10. The highest BCUT2D eigenvalue weighted by atomic mass is 35.5. The Hall–Kier alpha value is -1.78. The number of nitrogen functional groups attached to an aromatic ring is 1. The molecule has 4 nitrogen and oxygen atoms in total. The van der Waals surface area contributed by atoms with Crippen molar-refractivity contribution >= 4 is 17.4 Å². The van der Waals surface area contributed by atoms with Gasteiger partial charge in [-0.25, -0.2) is 10.8 Å². The second-order valence-electron chi connectivity index (χ2n) is 4.32. The van der Waals surface area contributed by atoms with Crippen LogP contribution in [0.1, 0.15) is 16.8 Å². The third-order valence-corrected chi connectivity index (χ3v) is 3.35. The number of nitrogens with two attached hydrogens (primary N) is 1. The summed E-state index contributed by atoms with van der Waals surface area (Å²) in [5, 5.41) is 0.778. The van der Waals surface area contributed by atoms with Gasteiger partial charge in [0.25, 0.3) is 0 Å². The highest BCUT2D eigenvalue weighted by molar-refractivity contribution is 6.32. The van der Waals surface area contributed by atoms with Crippen molar-refractivity contribution in [3.8, 4) is 5.75 Å². The van der Waals surface area contributed by atoms with Crippen molar-refractivity contribution in [2.75, 3.05) is 5.43 Å². The van der Waals surface area contributed by atoms with Gasteiger partial charge in [0, 0.05) is 5.02 Å². The van der Waals surface area contributed by atoms with Crippen molar-refractivity contribution in [2.24, 2.45) is 5.84 Å². The lowest BCUT2D eigenvalue weighted by Gasteiger charge is -2.10. The van der Waals surface area contributed by atoms with E-state index in [1.165, 1.54) is 0 Å². The maximum Gasteiger partial charge on any atom is 0.140 e. The number of ether oxygens (including phenoxy) is 1. The fourth-order valence-electron chi connectivity index (χ4n) is 1.79. The van der Waals surface area contributed by atoms with Gasteiger partial charge in [-0.3, -0.25) is 0 Å². The fourth-order valence-corrected chi connectivity index (χ4v) is 1.90. The SMILES string of the molecule is Cc1cc(OCc2cccc(NN)n2)cc(C)c1Cl. The number of nitrogens with zero attached hydrogens (tertiary/aromatic N) is 1. The molecule has 0 spiro atoms. The number of hydrazine groups is 1. The molecule has 0 aliphatic heterocycles. The number of rotatable bonds is 4. The fraction of sp³-hybridized carbons (Fsp3) is 0.214. The third kappa shape index (κ3) is 3.36. The molecule has 19 heavy (non-hydrogen) atoms. The molecule has 0 bridgehead atoms. The van der Waals surface area contributed by atoms with Gasteiger partial charge >= 0.3 is 0 Å². The summed E-state index contributed by atoms with van der Waals surface area (Å²) in [5.74, 6) is 6.71. The number of pyridine rings is 1. The molecule has 3 N–H and O–H groups in total. The Morgan fingerprint density at radius 1 is 1.26 bits per heavy atom. The maximum absolute atomic E-state index is 6.12. The van der Waals surface area contributed by atoms with E-state index in [1.807, 2.05) is 38.1 Å². The Bertz CT molecular complexity index is 564. The lowest BCUT2D eigenvalue weighted by molar-refractivity contribution is 0.301. The number of hydrogen-bond acceptors (Lipinski definition) is 4. The lowest BCUT2D eigenvalue weighted by atomic mass is 10.1. The summed E-state index contributed by atoms with van der Waals surface area (Å²) in [6.07, 6.45) is 0. The minimum atomic E-state index is 0.385. The average Bonchev–Trinajstić information content (AvgIpc) is 2.42. The van der Waals surface area contributed by atoms with E-state index < -0.39 is 0 Å². The molecule has 0 saturated carbocycles. The summed E-state index contributed by atoms with van der Waals surface area (Å²) in [5.41, 5.74) is 5.32. The highest BCUT2D eigenvalue weighted by Gasteiger charge is 2.04. The van der Waals surface area contributed by atoms with Gasteiger partial charge in [-0.2, -0.15) is 0 Å². The number of halogens is 1. The molecular weight excluding hydrogens is 262 g/mol. The molecule has 0 aliphatic rings. The van der Waals surface area contributed by atoms with Crippen molar-refractivity contribution in [2.45, 2.75) is 20.5 Å². The summed E-state index contributed by atoms with van der Waals surface area (Å²) < 4.78 is 5.72. The minimum absolute atomic E-state index is 0.385. The Kier molecular flexibility index (Phi) is 4.24. The molecule has 0 atom stereocenters. The predicted molar refractivity (Wildman–Crippen MR) is 77.3 cm³/mol. The van der Waals surface area contributed by atoms with Gasteiger partial charge in [0.15, 0.2) is 0 Å². The van der Waals surface area contributed by atoms with Crippen LogP contribution in [0.2, 0.25) is 5.02 Å². The summed E-state index contributed by atoms with van der Waals surface area (Å²) in [4.78, 5) is 4.28. The topological polar surface area (TPSA) is 60.2 Å². The molecule has 0 unspecified atom stereocenters. The standard InChI is InChI=1S/C14H16ClN3O/c1-9-6-12(7-10(2)14(9)15)19-8-11-4-3-5-13(17-11)18-16/h3-7H,8,16H2,1-2H3,(H,17,18). The minimum Gasteiger partial charge on any atom is -0.487 e. The van der Waals surface area contributed by atoms with E-state index in [2.05, 4.69) is 10.4 Å². The molecule has 1 heterocycles. The van der Waals surface area contributed by atoms with E-state index in [9.17, 15) is 0 Å².